The topological polar surface area (TPSA) is 0 Å². The van der Waals surface area contributed by atoms with Gasteiger partial charge in [0.2, 0.25) is 0 Å². The van der Waals surface area contributed by atoms with Crippen LogP contribution in [0.5, 0.6) is 0 Å². The van der Waals surface area contributed by atoms with Crippen molar-refractivity contribution in [3.05, 3.63) is 69.4 Å². The van der Waals surface area contributed by atoms with Crippen molar-refractivity contribution in [1.82, 2.24) is 0 Å². The van der Waals surface area contributed by atoms with Crippen LogP contribution < -0.4 is 0 Å². The third kappa shape index (κ3) is 4.16. The van der Waals surface area contributed by atoms with Crippen molar-refractivity contribution >= 4 is 31.9 Å². The molecule has 106 valence electrons. The lowest BCUT2D eigenvalue weighted by atomic mass is 9.92. The van der Waals surface area contributed by atoms with Gasteiger partial charge in [-0.2, -0.15) is 0 Å². The van der Waals surface area contributed by atoms with Crippen LogP contribution >= 0.6 is 31.9 Å². The van der Waals surface area contributed by atoms with Crippen molar-refractivity contribution in [2.24, 2.45) is 5.92 Å². The van der Waals surface area contributed by atoms with E-state index in [1.165, 1.54) is 11.6 Å². The van der Waals surface area contributed by atoms with E-state index in [1.807, 2.05) is 19.1 Å². The van der Waals surface area contributed by atoms with Gasteiger partial charge in [0, 0.05) is 9.80 Å². The largest absolute Gasteiger partial charge is 0.207 e. The molecule has 0 aromatic heterocycles. The molecule has 0 aliphatic heterocycles. The van der Waals surface area contributed by atoms with Crippen LogP contribution in [0.2, 0.25) is 0 Å². The molecular weight excluding hydrogens is 383 g/mol. The quantitative estimate of drug-likeness (QED) is 0.566. The van der Waals surface area contributed by atoms with E-state index in [2.05, 4.69) is 50.1 Å². The monoisotopic (exact) mass is 398 g/mol. The molecule has 0 saturated carbocycles. The van der Waals surface area contributed by atoms with Gasteiger partial charge in [0.1, 0.15) is 5.82 Å². The molecule has 0 bridgehead atoms. The summed E-state index contributed by atoms with van der Waals surface area (Å²) in [7, 11) is 0. The van der Waals surface area contributed by atoms with Gasteiger partial charge < -0.3 is 0 Å². The number of rotatable bonds is 5. The van der Waals surface area contributed by atoms with E-state index in [4.69, 9.17) is 0 Å². The van der Waals surface area contributed by atoms with E-state index >= 15 is 0 Å². The first-order chi connectivity index (χ1) is 9.60. The zero-order valence-electron chi connectivity index (χ0n) is 11.4. The summed E-state index contributed by atoms with van der Waals surface area (Å²) in [4.78, 5) is 0. The van der Waals surface area contributed by atoms with Crippen LogP contribution in [-0.4, -0.2) is 5.33 Å². The summed E-state index contributed by atoms with van der Waals surface area (Å²) in [5.41, 5.74) is 3.55. The van der Waals surface area contributed by atoms with Crippen LogP contribution in [0.4, 0.5) is 4.39 Å². The number of benzene rings is 2. The Bertz CT molecular complexity index is 581. The lowest BCUT2D eigenvalue weighted by Crippen LogP contribution is -2.11. The molecule has 0 N–H and O–H groups in total. The van der Waals surface area contributed by atoms with E-state index in [9.17, 15) is 4.39 Å². The third-order valence-corrected chi connectivity index (χ3v) is 5.19. The summed E-state index contributed by atoms with van der Waals surface area (Å²) in [6.07, 6.45) is 1.86. The van der Waals surface area contributed by atoms with Gasteiger partial charge in [-0.15, -0.1) is 0 Å². The fourth-order valence-electron chi connectivity index (χ4n) is 2.33. The second-order valence-electron chi connectivity index (χ2n) is 5.09. The first-order valence-electron chi connectivity index (χ1n) is 6.64. The van der Waals surface area contributed by atoms with E-state index in [0.29, 0.717) is 5.92 Å². The molecule has 1 atom stereocenters. The standard InChI is InChI=1S/C17H17Br2F/c1-12-6-7-16(20)10-15(12)9-13(11-18)8-14-4-2-3-5-17(14)19/h2-7,10,13H,8-9,11H2,1H3. The Labute approximate surface area is 136 Å². The molecular formula is C17H17Br2F. The molecule has 2 aromatic rings. The van der Waals surface area contributed by atoms with Crippen molar-refractivity contribution < 1.29 is 4.39 Å². The molecule has 1 unspecified atom stereocenters. The van der Waals surface area contributed by atoms with Gasteiger partial charge in [0.25, 0.3) is 0 Å². The smallest absolute Gasteiger partial charge is 0.123 e. The molecule has 2 rings (SSSR count). The molecule has 0 amide bonds. The van der Waals surface area contributed by atoms with E-state index in [1.54, 1.807) is 6.07 Å². The molecule has 0 aliphatic carbocycles. The number of alkyl halides is 1. The predicted molar refractivity (Wildman–Crippen MR) is 90.0 cm³/mol. The van der Waals surface area contributed by atoms with Gasteiger partial charge in [-0.3, -0.25) is 0 Å². The normalized spacial score (nSPS) is 12.4. The van der Waals surface area contributed by atoms with Crippen LogP contribution in [0.3, 0.4) is 0 Å². The van der Waals surface area contributed by atoms with Crippen molar-refractivity contribution in [2.45, 2.75) is 19.8 Å². The number of aryl methyl sites for hydroxylation is 1. The summed E-state index contributed by atoms with van der Waals surface area (Å²) >= 11 is 7.18. The maximum absolute atomic E-state index is 13.4. The van der Waals surface area contributed by atoms with Crippen LogP contribution in [0.15, 0.2) is 46.9 Å². The van der Waals surface area contributed by atoms with Crippen molar-refractivity contribution in [1.29, 1.82) is 0 Å². The number of hydrogen-bond donors (Lipinski definition) is 0. The molecule has 0 radical (unpaired) electrons. The van der Waals surface area contributed by atoms with Gasteiger partial charge in [0.15, 0.2) is 0 Å². The Morgan fingerprint density at radius 2 is 1.75 bits per heavy atom. The van der Waals surface area contributed by atoms with Crippen molar-refractivity contribution in [2.75, 3.05) is 5.33 Å². The molecule has 0 fully saturated rings. The highest BCUT2D eigenvalue weighted by Gasteiger charge is 2.13. The van der Waals surface area contributed by atoms with Crippen molar-refractivity contribution in [3.8, 4) is 0 Å². The number of halogens is 3. The lowest BCUT2D eigenvalue weighted by molar-refractivity contribution is 0.579. The molecule has 0 aliphatic rings. The van der Waals surface area contributed by atoms with Gasteiger partial charge in [-0.05, 0) is 60.6 Å². The predicted octanol–water partition coefficient (Wildman–Crippen LogP) is 5.69. The molecule has 0 spiro atoms. The zero-order chi connectivity index (χ0) is 14.5. The Kier molecular flexibility index (Phi) is 5.79. The van der Waals surface area contributed by atoms with E-state index in [0.717, 1.165) is 33.8 Å². The Hall–Kier alpha value is -0.670. The summed E-state index contributed by atoms with van der Waals surface area (Å²) in [6, 6.07) is 13.3. The Balaban J connectivity index is 2.13. The fraction of sp³-hybridized carbons (Fsp3) is 0.294. The molecule has 2 aromatic carbocycles. The first kappa shape index (κ1) is 15.7. The highest BCUT2D eigenvalue weighted by Crippen LogP contribution is 2.24. The van der Waals surface area contributed by atoms with Gasteiger partial charge in [-0.1, -0.05) is 56.1 Å². The Morgan fingerprint density at radius 1 is 1.05 bits per heavy atom. The minimum absolute atomic E-state index is 0.153. The highest BCUT2D eigenvalue weighted by molar-refractivity contribution is 9.10. The van der Waals surface area contributed by atoms with Crippen LogP contribution in [-0.2, 0) is 12.8 Å². The SMILES string of the molecule is Cc1ccc(F)cc1CC(CBr)Cc1ccccc1Br. The second kappa shape index (κ2) is 7.37. The molecule has 0 heterocycles. The zero-order valence-corrected chi connectivity index (χ0v) is 14.5. The summed E-state index contributed by atoms with van der Waals surface area (Å²) < 4.78 is 14.5. The minimum Gasteiger partial charge on any atom is -0.207 e. The molecule has 3 heteroatoms. The second-order valence-corrected chi connectivity index (χ2v) is 6.59. The Morgan fingerprint density at radius 3 is 2.45 bits per heavy atom. The van der Waals surface area contributed by atoms with E-state index in [-0.39, 0.29) is 5.82 Å². The van der Waals surface area contributed by atoms with Crippen LogP contribution in [0.1, 0.15) is 16.7 Å². The number of hydrogen-bond acceptors (Lipinski definition) is 0. The summed E-state index contributed by atoms with van der Waals surface area (Å²) in [6.45, 7) is 2.04. The summed E-state index contributed by atoms with van der Waals surface area (Å²) in [5, 5.41) is 0.907. The van der Waals surface area contributed by atoms with Gasteiger partial charge in [-0.25, -0.2) is 4.39 Å². The summed E-state index contributed by atoms with van der Waals surface area (Å²) in [5.74, 6) is 0.300. The first-order valence-corrected chi connectivity index (χ1v) is 8.56. The van der Waals surface area contributed by atoms with Crippen molar-refractivity contribution in [3.63, 3.8) is 0 Å². The fourth-order valence-corrected chi connectivity index (χ4v) is 3.23. The maximum Gasteiger partial charge on any atom is 0.123 e. The molecule has 0 nitrogen and oxygen atoms in total. The molecule has 20 heavy (non-hydrogen) atoms. The maximum atomic E-state index is 13.4. The third-order valence-electron chi connectivity index (χ3n) is 3.50. The van der Waals surface area contributed by atoms with Gasteiger partial charge in [0.05, 0.1) is 0 Å². The minimum atomic E-state index is -0.153. The van der Waals surface area contributed by atoms with Gasteiger partial charge >= 0.3 is 0 Å². The highest BCUT2D eigenvalue weighted by atomic mass is 79.9. The molecule has 0 saturated heterocycles. The van der Waals surface area contributed by atoms with E-state index < -0.39 is 0 Å². The van der Waals surface area contributed by atoms with Crippen LogP contribution in [0, 0.1) is 18.7 Å². The van der Waals surface area contributed by atoms with Crippen LogP contribution in [0.25, 0.3) is 0 Å². The lowest BCUT2D eigenvalue weighted by Gasteiger charge is -2.16. The average Bonchev–Trinajstić information content (AvgIpc) is 2.44. The average molecular weight is 400 g/mol.